The number of hydrazone groups is 1. The van der Waals surface area contributed by atoms with Crippen molar-refractivity contribution < 1.29 is 9.59 Å². The molecule has 0 atom stereocenters. The molecule has 1 saturated carbocycles. The second kappa shape index (κ2) is 9.51. The van der Waals surface area contributed by atoms with Crippen LogP contribution in [0.4, 0.5) is 5.69 Å². The summed E-state index contributed by atoms with van der Waals surface area (Å²) in [5, 5.41) is 7.55. The highest BCUT2D eigenvalue weighted by Gasteiger charge is 2.21. The Balaban J connectivity index is 1.65. The molecule has 0 heterocycles. The molecule has 28 heavy (non-hydrogen) atoms. The van der Waals surface area contributed by atoms with E-state index in [0.29, 0.717) is 16.3 Å². The van der Waals surface area contributed by atoms with Gasteiger partial charge in [-0.2, -0.15) is 5.10 Å². The van der Waals surface area contributed by atoms with Crippen LogP contribution in [0.15, 0.2) is 53.6 Å². The number of hydrogen-bond donors (Lipinski definition) is 2. The molecule has 1 fully saturated rings. The molecule has 0 aliphatic heterocycles. The van der Waals surface area contributed by atoms with Crippen molar-refractivity contribution in [2.45, 2.75) is 39.0 Å². The second-order valence-corrected chi connectivity index (χ2v) is 7.43. The SMILES string of the molecule is C/C(=N\NC(=O)c1ccccc1Cl)c1cccc(NC(=O)C2CCCCC2)c1. The van der Waals surface area contributed by atoms with Crippen LogP contribution < -0.4 is 10.7 Å². The zero-order chi connectivity index (χ0) is 19.9. The minimum atomic E-state index is -0.369. The van der Waals surface area contributed by atoms with Crippen molar-refractivity contribution in [3.05, 3.63) is 64.7 Å². The third-order valence-corrected chi connectivity index (χ3v) is 5.30. The second-order valence-electron chi connectivity index (χ2n) is 7.02. The highest BCUT2D eigenvalue weighted by atomic mass is 35.5. The molecule has 3 rings (SSSR count). The molecule has 0 unspecified atom stereocenters. The summed E-state index contributed by atoms with van der Waals surface area (Å²) >= 11 is 6.04. The van der Waals surface area contributed by atoms with E-state index < -0.39 is 0 Å². The normalized spacial score (nSPS) is 15.1. The molecule has 1 aliphatic carbocycles. The van der Waals surface area contributed by atoms with Crippen molar-refractivity contribution in [1.29, 1.82) is 0 Å². The fourth-order valence-electron chi connectivity index (χ4n) is 3.34. The summed E-state index contributed by atoms with van der Waals surface area (Å²) in [5.41, 5.74) is 5.09. The van der Waals surface area contributed by atoms with E-state index in [9.17, 15) is 9.59 Å². The summed E-state index contributed by atoms with van der Waals surface area (Å²) < 4.78 is 0. The van der Waals surface area contributed by atoms with Gasteiger partial charge in [0, 0.05) is 11.6 Å². The third kappa shape index (κ3) is 5.20. The summed E-state index contributed by atoms with van der Waals surface area (Å²) in [4.78, 5) is 24.7. The Morgan fingerprint density at radius 1 is 1.04 bits per heavy atom. The van der Waals surface area contributed by atoms with E-state index in [1.165, 1.54) is 6.42 Å². The Bertz CT molecular complexity index is 889. The summed E-state index contributed by atoms with van der Waals surface area (Å²) in [5.74, 6) is -0.188. The lowest BCUT2D eigenvalue weighted by Crippen LogP contribution is -2.24. The van der Waals surface area contributed by atoms with Gasteiger partial charge in [0.25, 0.3) is 5.91 Å². The molecular formula is C22H24ClN3O2. The molecule has 0 spiro atoms. The van der Waals surface area contributed by atoms with E-state index in [2.05, 4.69) is 15.8 Å². The molecule has 146 valence electrons. The van der Waals surface area contributed by atoms with E-state index in [-0.39, 0.29) is 17.7 Å². The van der Waals surface area contributed by atoms with Crippen LogP contribution in [0.25, 0.3) is 0 Å². The minimum Gasteiger partial charge on any atom is -0.326 e. The third-order valence-electron chi connectivity index (χ3n) is 4.97. The van der Waals surface area contributed by atoms with Crippen molar-refractivity contribution in [2.75, 3.05) is 5.32 Å². The maximum absolute atomic E-state index is 12.4. The van der Waals surface area contributed by atoms with Gasteiger partial charge in [0.2, 0.25) is 5.91 Å². The average molecular weight is 398 g/mol. The van der Waals surface area contributed by atoms with Crippen molar-refractivity contribution >= 4 is 34.8 Å². The van der Waals surface area contributed by atoms with Crippen LogP contribution in [0.2, 0.25) is 5.02 Å². The van der Waals surface area contributed by atoms with Gasteiger partial charge in [0.1, 0.15) is 0 Å². The van der Waals surface area contributed by atoms with E-state index in [4.69, 9.17) is 11.6 Å². The number of carbonyl (C=O) groups is 2. The Hall–Kier alpha value is -2.66. The van der Waals surface area contributed by atoms with E-state index >= 15 is 0 Å². The summed E-state index contributed by atoms with van der Waals surface area (Å²) in [7, 11) is 0. The van der Waals surface area contributed by atoms with Gasteiger partial charge in [-0.1, -0.05) is 55.1 Å². The number of anilines is 1. The molecule has 2 amide bonds. The molecule has 2 aromatic carbocycles. The number of benzene rings is 2. The molecule has 0 bridgehead atoms. The fourth-order valence-corrected chi connectivity index (χ4v) is 3.56. The lowest BCUT2D eigenvalue weighted by atomic mass is 9.88. The van der Waals surface area contributed by atoms with Crippen LogP contribution in [0.5, 0.6) is 0 Å². The Morgan fingerprint density at radius 3 is 2.54 bits per heavy atom. The van der Waals surface area contributed by atoms with Crippen molar-refractivity contribution in [2.24, 2.45) is 11.0 Å². The number of hydrogen-bond acceptors (Lipinski definition) is 3. The smallest absolute Gasteiger partial charge is 0.272 e. The molecule has 1 aliphatic rings. The van der Waals surface area contributed by atoms with Crippen LogP contribution in [-0.2, 0) is 4.79 Å². The van der Waals surface area contributed by atoms with Gasteiger partial charge in [0.15, 0.2) is 0 Å². The van der Waals surface area contributed by atoms with Crippen LogP contribution in [0, 0.1) is 5.92 Å². The number of halogens is 1. The topological polar surface area (TPSA) is 70.6 Å². The first-order valence-electron chi connectivity index (χ1n) is 9.55. The molecule has 0 saturated heterocycles. The molecule has 5 nitrogen and oxygen atoms in total. The standard InChI is InChI=1S/C22H24ClN3O2/c1-15(25-26-22(28)19-12-5-6-13-20(19)23)17-10-7-11-18(14-17)24-21(27)16-8-3-2-4-9-16/h5-7,10-14,16H,2-4,8-9H2,1H3,(H,24,27)(H,26,28)/b25-15+. The molecule has 2 aromatic rings. The number of carbonyl (C=O) groups excluding carboxylic acids is 2. The highest BCUT2D eigenvalue weighted by molar-refractivity contribution is 6.33. The molecule has 0 aromatic heterocycles. The first-order chi connectivity index (χ1) is 13.5. The number of nitrogens with zero attached hydrogens (tertiary/aromatic N) is 1. The van der Waals surface area contributed by atoms with Crippen LogP contribution in [-0.4, -0.2) is 17.5 Å². The predicted molar refractivity (Wildman–Crippen MR) is 113 cm³/mol. The minimum absolute atomic E-state index is 0.0819. The van der Waals surface area contributed by atoms with Gasteiger partial charge in [-0.25, -0.2) is 5.43 Å². The quantitative estimate of drug-likeness (QED) is 0.549. The van der Waals surface area contributed by atoms with Crippen LogP contribution >= 0.6 is 11.6 Å². The Kier molecular flexibility index (Phi) is 6.82. The molecule has 6 heteroatoms. The van der Waals surface area contributed by atoms with E-state index in [0.717, 1.165) is 36.9 Å². The molecular weight excluding hydrogens is 374 g/mol. The van der Waals surface area contributed by atoms with Gasteiger partial charge in [-0.05, 0) is 49.6 Å². The fraction of sp³-hybridized carbons (Fsp3) is 0.318. The van der Waals surface area contributed by atoms with E-state index in [1.54, 1.807) is 31.2 Å². The largest absolute Gasteiger partial charge is 0.326 e. The van der Waals surface area contributed by atoms with Gasteiger partial charge < -0.3 is 5.32 Å². The summed E-state index contributed by atoms with van der Waals surface area (Å²) in [6, 6.07) is 14.3. The molecule has 2 N–H and O–H groups in total. The number of nitrogens with one attached hydrogen (secondary N) is 2. The maximum Gasteiger partial charge on any atom is 0.272 e. The maximum atomic E-state index is 12.4. The van der Waals surface area contributed by atoms with E-state index in [1.807, 2.05) is 24.3 Å². The summed E-state index contributed by atoms with van der Waals surface area (Å²) in [6.45, 7) is 1.80. The highest BCUT2D eigenvalue weighted by Crippen LogP contribution is 2.25. The lowest BCUT2D eigenvalue weighted by Gasteiger charge is -2.20. The van der Waals surface area contributed by atoms with Crippen molar-refractivity contribution in [3.63, 3.8) is 0 Å². The number of amides is 2. The number of rotatable bonds is 5. The van der Waals surface area contributed by atoms with Gasteiger partial charge in [-0.15, -0.1) is 0 Å². The Labute approximate surface area is 170 Å². The zero-order valence-electron chi connectivity index (χ0n) is 15.9. The van der Waals surface area contributed by atoms with Crippen molar-refractivity contribution in [1.82, 2.24) is 5.43 Å². The average Bonchev–Trinajstić information content (AvgIpc) is 2.73. The molecule has 0 radical (unpaired) electrons. The van der Waals surface area contributed by atoms with Crippen LogP contribution in [0.1, 0.15) is 54.9 Å². The van der Waals surface area contributed by atoms with Crippen molar-refractivity contribution in [3.8, 4) is 0 Å². The lowest BCUT2D eigenvalue weighted by molar-refractivity contribution is -0.120. The Morgan fingerprint density at radius 2 is 1.79 bits per heavy atom. The first-order valence-corrected chi connectivity index (χ1v) is 9.93. The van der Waals surface area contributed by atoms with Gasteiger partial charge in [0.05, 0.1) is 16.3 Å². The summed E-state index contributed by atoms with van der Waals surface area (Å²) in [6.07, 6.45) is 5.37. The van der Waals surface area contributed by atoms with Gasteiger partial charge >= 0.3 is 0 Å². The first kappa shape index (κ1) is 20.1. The van der Waals surface area contributed by atoms with Crippen LogP contribution in [0.3, 0.4) is 0 Å². The predicted octanol–water partition coefficient (Wildman–Crippen LogP) is 5.01. The monoisotopic (exact) mass is 397 g/mol. The van der Waals surface area contributed by atoms with Gasteiger partial charge in [-0.3, -0.25) is 9.59 Å². The zero-order valence-corrected chi connectivity index (χ0v) is 16.6.